The van der Waals surface area contributed by atoms with Crippen LogP contribution in [-0.2, 0) is 13.7 Å². The van der Waals surface area contributed by atoms with Crippen LogP contribution in [0.1, 0.15) is 23.7 Å². The Bertz CT molecular complexity index is 995. The van der Waals surface area contributed by atoms with E-state index in [9.17, 15) is 13.2 Å². The van der Waals surface area contributed by atoms with E-state index in [0.717, 1.165) is 0 Å². The Morgan fingerprint density at radius 1 is 0.759 bits per heavy atom. The topological polar surface area (TPSA) is 60.4 Å². The average molecular weight is 429 g/mol. The van der Waals surface area contributed by atoms with Crippen LogP contribution in [0.2, 0.25) is 0 Å². The third kappa shape index (κ3) is 5.15. The molecule has 3 aromatic carbocycles. The molecule has 29 heavy (non-hydrogen) atoms. The summed E-state index contributed by atoms with van der Waals surface area (Å²) in [6.45, 7) is 1.79. The van der Waals surface area contributed by atoms with Crippen LogP contribution in [0.4, 0.5) is 0 Å². The average Bonchev–Trinajstić information content (AvgIpc) is 2.75. The van der Waals surface area contributed by atoms with Gasteiger partial charge in [0.1, 0.15) is 0 Å². The van der Waals surface area contributed by atoms with Crippen molar-refractivity contribution in [1.82, 2.24) is 0 Å². The zero-order chi connectivity index (χ0) is 20.7. The first-order valence-electron chi connectivity index (χ1n) is 9.40. The molecule has 0 aliphatic carbocycles. The number of benzene rings is 3. The second kappa shape index (κ2) is 9.39. The van der Waals surface area contributed by atoms with E-state index in [1.54, 1.807) is 31.2 Å². The second-order valence-electron chi connectivity index (χ2n) is 6.56. The minimum Gasteiger partial charge on any atom is -0.293 e. The molecule has 0 amide bonds. The summed E-state index contributed by atoms with van der Waals surface area (Å²) in [4.78, 5) is 14.6. The Balaban J connectivity index is 2.18. The van der Waals surface area contributed by atoms with E-state index in [1.165, 1.54) is 0 Å². The van der Waals surface area contributed by atoms with Gasteiger partial charge >= 0.3 is 0 Å². The highest BCUT2D eigenvalue weighted by Crippen LogP contribution is 2.64. The molecule has 4 nitrogen and oxygen atoms in total. The fourth-order valence-corrected chi connectivity index (χ4v) is 8.38. The minimum absolute atomic E-state index is 0.0476. The van der Waals surface area contributed by atoms with Gasteiger partial charge in [0, 0.05) is 15.4 Å². The summed E-state index contributed by atoms with van der Waals surface area (Å²) in [7, 11) is -6.45. The Morgan fingerprint density at radius 3 is 1.66 bits per heavy atom. The number of hydrogen-bond donors (Lipinski definition) is 0. The number of Topliss-reactive ketones (excluding diaryl/α,β-unsaturated/α-hetero) is 1. The molecule has 3 aromatic rings. The van der Waals surface area contributed by atoms with Crippen LogP contribution in [0, 0.1) is 0 Å². The van der Waals surface area contributed by atoms with Crippen molar-refractivity contribution in [3.63, 3.8) is 0 Å². The Hall–Kier alpha value is -2.41. The summed E-state index contributed by atoms with van der Waals surface area (Å²) < 4.78 is 31.6. The molecule has 0 bridgehead atoms. The zero-order valence-electron chi connectivity index (χ0n) is 16.2. The van der Waals surface area contributed by atoms with E-state index in [0.29, 0.717) is 21.8 Å². The quantitative estimate of drug-likeness (QED) is 0.424. The lowest BCUT2D eigenvalue weighted by atomic mass is 10.2. The third-order valence-corrected chi connectivity index (χ3v) is 9.75. The van der Waals surface area contributed by atoms with Gasteiger partial charge in [-0.1, -0.05) is 84.0 Å². The molecule has 3 rings (SSSR count). The summed E-state index contributed by atoms with van der Waals surface area (Å²) in [5.74, 6) is -0.297. The molecule has 6 heteroatoms. The van der Waals surface area contributed by atoms with Crippen LogP contribution in [0.5, 0.6) is 0 Å². The fraction of sp³-hybridized carbons (Fsp3) is 0.174. The molecule has 0 atom stereocenters. The van der Waals surface area contributed by atoms with Gasteiger partial charge in [0.15, 0.2) is 5.78 Å². The molecule has 0 aliphatic rings. The molecule has 0 aromatic heterocycles. The maximum absolute atomic E-state index is 13.2. The van der Waals surface area contributed by atoms with E-state index in [-0.39, 0.29) is 17.3 Å². The highest BCUT2D eigenvalue weighted by molar-refractivity contribution is 8.33. The van der Waals surface area contributed by atoms with Crippen molar-refractivity contribution in [1.29, 1.82) is 0 Å². The van der Waals surface area contributed by atoms with Crippen molar-refractivity contribution in [3.05, 3.63) is 96.6 Å². The first-order chi connectivity index (χ1) is 14.0. The Kier molecular flexibility index (Phi) is 6.90. The van der Waals surface area contributed by atoms with Gasteiger partial charge < -0.3 is 0 Å². The Labute approximate surface area is 174 Å². The number of hydrogen-bond acceptors (Lipinski definition) is 4. The summed E-state index contributed by atoms with van der Waals surface area (Å²) >= 11 is 0. The lowest BCUT2D eigenvalue weighted by molar-refractivity contribution is 0.102. The first kappa shape index (κ1) is 21.3. The van der Waals surface area contributed by atoms with E-state index in [4.69, 9.17) is 3.63 Å². The molecule has 0 N–H and O–H groups in total. The van der Waals surface area contributed by atoms with Gasteiger partial charge in [-0.25, -0.2) is 3.63 Å². The van der Waals surface area contributed by atoms with Crippen LogP contribution in [0.15, 0.2) is 101 Å². The smallest absolute Gasteiger partial charge is 0.277 e. The van der Waals surface area contributed by atoms with E-state index in [1.807, 2.05) is 66.7 Å². The molecular formula is C23H24O4S2. The normalized spacial score (nSPS) is 12.4. The molecule has 0 radical (unpaired) electrons. The lowest BCUT2D eigenvalue weighted by Crippen LogP contribution is -2.22. The Morgan fingerprint density at radius 2 is 1.21 bits per heavy atom. The van der Waals surface area contributed by atoms with Gasteiger partial charge in [0.2, 0.25) is 0 Å². The number of rotatable bonds is 9. The van der Waals surface area contributed by atoms with Crippen LogP contribution in [0.25, 0.3) is 0 Å². The number of carbonyl (C=O) groups excluding carboxylic acids is 1. The number of ketones is 1. The maximum Gasteiger partial charge on any atom is 0.277 e. The first-order valence-corrected chi connectivity index (χ1v) is 12.7. The largest absolute Gasteiger partial charge is 0.293 e. The van der Waals surface area contributed by atoms with E-state index < -0.39 is 20.4 Å². The van der Waals surface area contributed by atoms with E-state index in [2.05, 4.69) is 0 Å². The van der Waals surface area contributed by atoms with Crippen LogP contribution in [0.3, 0.4) is 0 Å². The van der Waals surface area contributed by atoms with Gasteiger partial charge in [-0.3, -0.25) is 4.79 Å². The highest BCUT2D eigenvalue weighted by Gasteiger charge is 2.37. The van der Waals surface area contributed by atoms with Gasteiger partial charge in [-0.15, -0.1) is 0 Å². The van der Waals surface area contributed by atoms with Gasteiger partial charge in [-0.2, -0.15) is 8.42 Å². The molecule has 152 valence electrons. The predicted molar refractivity (Wildman–Crippen MR) is 118 cm³/mol. The van der Waals surface area contributed by atoms with Gasteiger partial charge in [-0.05, 0) is 30.7 Å². The summed E-state index contributed by atoms with van der Waals surface area (Å²) in [6, 6.07) is 27.3. The molecule has 0 saturated heterocycles. The molecule has 0 saturated carbocycles. The summed E-state index contributed by atoms with van der Waals surface area (Å²) in [5.41, 5.74) is 0.535. The van der Waals surface area contributed by atoms with Crippen molar-refractivity contribution < 1.29 is 16.8 Å². The van der Waals surface area contributed by atoms with Crippen LogP contribution < -0.4 is 0 Å². The maximum atomic E-state index is 13.2. The molecular weight excluding hydrogens is 404 g/mol. The number of carbonyl (C=O) groups is 1. The predicted octanol–water partition coefficient (Wildman–Crippen LogP) is 5.46. The lowest BCUT2D eigenvalue weighted by Gasteiger charge is -2.38. The molecule has 0 fully saturated rings. The van der Waals surface area contributed by atoms with Gasteiger partial charge in [0.05, 0.1) is 11.5 Å². The monoisotopic (exact) mass is 428 g/mol. The van der Waals surface area contributed by atoms with Crippen molar-refractivity contribution in [2.24, 2.45) is 0 Å². The second-order valence-corrected chi connectivity index (χ2v) is 11.2. The van der Waals surface area contributed by atoms with Crippen LogP contribution >= 0.6 is 10.3 Å². The third-order valence-electron chi connectivity index (χ3n) is 4.35. The SMILES string of the molecule is CCCS(=O)(=O)OS(CC(=O)c1ccccc1)(c1ccccc1)c1ccccc1. The fourth-order valence-electron chi connectivity index (χ4n) is 3.04. The summed E-state index contributed by atoms with van der Waals surface area (Å²) in [5, 5.41) is 0. The van der Waals surface area contributed by atoms with Crippen LogP contribution in [-0.4, -0.2) is 25.7 Å². The molecule has 0 aliphatic heterocycles. The van der Waals surface area contributed by atoms with Crippen molar-refractivity contribution in [2.75, 3.05) is 11.5 Å². The van der Waals surface area contributed by atoms with Crippen molar-refractivity contribution >= 4 is 26.2 Å². The van der Waals surface area contributed by atoms with E-state index >= 15 is 0 Å². The highest BCUT2D eigenvalue weighted by atomic mass is 32.3. The molecule has 0 spiro atoms. The van der Waals surface area contributed by atoms with Crippen molar-refractivity contribution in [3.8, 4) is 0 Å². The molecule has 0 heterocycles. The zero-order valence-corrected chi connectivity index (χ0v) is 17.9. The standard InChI is InChI=1S/C23H24O4S2/c1-2-18-29(25,26)27-28(21-14-8-4-9-15-21,22-16-10-5-11-17-22)19-23(24)20-12-6-3-7-13-20/h3-17H,2,18-19H2,1H3. The summed E-state index contributed by atoms with van der Waals surface area (Å²) in [6.07, 6.45) is 0.439. The van der Waals surface area contributed by atoms with Gasteiger partial charge in [0.25, 0.3) is 10.1 Å². The molecule has 0 unspecified atom stereocenters. The minimum atomic E-state index is -3.83. The van der Waals surface area contributed by atoms with Crippen molar-refractivity contribution in [2.45, 2.75) is 23.1 Å².